The maximum atomic E-state index is 12.0. The first-order chi connectivity index (χ1) is 12.6. The highest BCUT2D eigenvalue weighted by Gasteiger charge is 2.09. The van der Waals surface area contributed by atoms with Gasteiger partial charge in [-0.25, -0.2) is 0 Å². The summed E-state index contributed by atoms with van der Waals surface area (Å²) in [7, 11) is 1.86. The quantitative estimate of drug-likeness (QED) is 0.666. The van der Waals surface area contributed by atoms with Crippen LogP contribution in [0.1, 0.15) is 28.8 Å². The molecular weight excluding hydrogens is 328 g/mol. The summed E-state index contributed by atoms with van der Waals surface area (Å²) >= 11 is 0. The summed E-state index contributed by atoms with van der Waals surface area (Å²) < 4.78 is 1.73. The van der Waals surface area contributed by atoms with Gasteiger partial charge >= 0.3 is 0 Å². The average Bonchev–Trinajstić information content (AvgIpc) is 3.12. The molecule has 0 bridgehead atoms. The molecule has 1 N–H and O–H groups in total. The molecule has 0 saturated heterocycles. The molecule has 3 rings (SSSR count). The molecular formula is C20H20N4O2. The molecule has 1 aromatic carbocycles. The van der Waals surface area contributed by atoms with Crippen molar-refractivity contribution in [2.24, 2.45) is 7.05 Å². The molecule has 0 unspecified atom stereocenters. The second-order valence-corrected chi connectivity index (χ2v) is 6.05. The first kappa shape index (κ1) is 17.5. The average molecular weight is 348 g/mol. The molecule has 0 spiro atoms. The smallest absolute Gasteiger partial charge is 0.220 e. The van der Waals surface area contributed by atoms with Crippen LogP contribution >= 0.6 is 0 Å². The van der Waals surface area contributed by atoms with Gasteiger partial charge < -0.3 is 5.32 Å². The second-order valence-electron chi connectivity index (χ2n) is 6.05. The van der Waals surface area contributed by atoms with E-state index >= 15 is 0 Å². The highest BCUT2D eigenvalue weighted by Crippen LogP contribution is 2.18. The zero-order chi connectivity index (χ0) is 18.4. The fourth-order valence-corrected chi connectivity index (χ4v) is 2.60. The zero-order valence-corrected chi connectivity index (χ0v) is 14.6. The van der Waals surface area contributed by atoms with Crippen LogP contribution < -0.4 is 5.32 Å². The van der Waals surface area contributed by atoms with Gasteiger partial charge in [-0.1, -0.05) is 30.3 Å². The summed E-state index contributed by atoms with van der Waals surface area (Å²) in [6, 6.07) is 11.0. The van der Waals surface area contributed by atoms with E-state index in [-0.39, 0.29) is 24.5 Å². The van der Waals surface area contributed by atoms with Crippen LogP contribution in [0.4, 0.5) is 0 Å². The Morgan fingerprint density at radius 2 is 1.85 bits per heavy atom. The van der Waals surface area contributed by atoms with Crippen LogP contribution in [-0.2, 0) is 18.4 Å². The third-order valence-electron chi connectivity index (χ3n) is 4.00. The van der Waals surface area contributed by atoms with Gasteiger partial charge in [0, 0.05) is 61.7 Å². The second kappa shape index (κ2) is 8.20. The number of carbonyl (C=O) groups is 2. The van der Waals surface area contributed by atoms with Gasteiger partial charge in [0.15, 0.2) is 5.78 Å². The molecule has 6 heteroatoms. The van der Waals surface area contributed by atoms with E-state index in [0.29, 0.717) is 12.1 Å². The highest BCUT2D eigenvalue weighted by atomic mass is 16.2. The van der Waals surface area contributed by atoms with E-state index in [9.17, 15) is 9.59 Å². The standard InChI is InChI=1S/C20H20N4O2/c1-24-14-18(13-23-24)17-9-15(10-21-12-17)11-22-20(26)8-7-19(25)16-5-3-2-4-6-16/h2-6,9-10,12-14H,7-8,11H2,1H3,(H,22,26). The van der Waals surface area contributed by atoms with Crippen molar-refractivity contribution in [3.8, 4) is 11.1 Å². The first-order valence-corrected chi connectivity index (χ1v) is 8.40. The minimum Gasteiger partial charge on any atom is -0.352 e. The van der Waals surface area contributed by atoms with Crippen LogP contribution in [0.15, 0.2) is 61.2 Å². The van der Waals surface area contributed by atoms with Crippen molar-refractivity contribution in [1.29, 1.82) is 0 Å². The third-order valence-corrected chi connectivity index (χ3v) is 4.00. The molecule has 26 heavy (non-hydrogen) atoms. The van der Waals surface area contributed by atoms with Crippen molar-refractivity contribution in [3.05, 3.63) is 72.3 Å². The lowest BCUT2D eigenvalue weighted by atomic mass is 10.1. The molecule has 0 aliphatic rings. The number of Topliss-reactive ketones (excluding diaryl/α,β-unsaturated/α-hetero) is 1. The number of benzene rings is 1. The Bertz CT molecular complexity index is 903. The lowest BCUT2D eigenvalue weighted by Crippen LogP contribution is -2.23. The Kier molecular flexibility index (Phi) is 5.53. The number of rotatable bonds is 7. The molecule has 6 nitrogen and oxygen atoms in total. The van der Waals surface area contributed by atoms with E-state index in [0.717, 1.165) is 16.7 Å². The predicted octanol–water partition coefficient (Wildman–Crippen LogP) is 2.76. The van der Waals surface area contributed by atoms with Crippen molar-refractivity contribution < 1.29 is 9.59 Å². The minimum atomic E-state index is -0.152. The molecule has 0 aliphatic heterocycles. The van der Waals surface area contributed by atoms with Crippen LogP contribution in [0.3, 0.4) is 0 Å². The molecule has 3 aromatic rings. The highest BCUT2D eigenvalue weighted by molar-refractivity contribution is 5.97. The van der Waals surface area contributed by atoms with Crippen molar-refractivity contribution in [2.45, 2.75) is 19.4 Å². The van der Waals surface area contributed by atoms with E-state index in [1.807, 2.05) is 37.5 Å². The van der Waals surface area contributed by atoms with Gasteiger partial charge in [-0.2, -0.15) is 5.10 Å². The summed E-state index contributed by atoms with van der Waals surface area (Å²) in [4.78, 5) is 28.3. The van der Waals surface area contributed by atoms with Crippen LogP contribution in [0, 0.1) is 0 Å². The van der Waals surface area contributed by atoms with E-state index in [1.54, 1.807) is 35.4 Å². The first-order valence-electron chi connectivity index (χ1n) is 8.40. The van der Waals surface area contributed by atoms with Gasteiger partial charge in [-0.15, -0.1) is 0 Å². The summed E-state index contributed by atoms with van der Waals surface area (Å²) in [6.45, 7) is 0.374. The van der Waals surface area contributed by atoms with Crippen molar-refractivity contribution in [2.75, 3.05) is 0 Å². The maximum Gasteiger partial charge on any atom is 0.220 e. The SMILES string of the molecule is Cn1cc(-c2cncc(CNC(=O)CCC(=O)c3ccccc3)c2)cn1. The van der Waals surface area contributed by atoms with Crippen molar-refractivity contribution >= 4 is 11.7 Å². The molecule has 132 valence electrons. The Morgan fingerprint density at radius 3 is 2.58 bits per heavy atom. The van der Waals surface area contributed by atoms with Crippen LogP contribution in [0.2, 0.25) is 0 Å². The Balaban J connectivity index is 1.51. The lowest BCUT2D eigenvalue weighted by Gasteiger charge is -2.06. The molecule has 0 saturated carbocycles. The van der Waals surface area contributed by atoms with E-state index in [1.165, 1.54) is 0 Å². The molecule has 0 radical (unpaired) electrons. The summed E-state index contributed by atoms with van der Waals surface area (Å²) in [5.41, 5.74) is 3.45. The van der Waals surface area contributed by atoms with Crippen LogP contribution in [-0.4, -0.2) is 26.5 Å². The van der Waals surface area contributed by atoms with Gasteiger partial charge in [0.2, 0.25) is 5.91 Å². The fraction of sp³-hybridized carbons (Fsp3) is 0.200. The predicted molar refractivity (Wildman–Crippen MR) is 98.3 cm³/mol. The Labute approximate surface area is 151 Å². The van der Waals surface area contributed by atoms with Gasteiger partial charge in [0.25, 0.3) is 0 Å². The minimum absolute atomic E-state index is 0.0269. The van der Waals surface area contributed by atoms with Crippen molar-refractivity contribution in [1.82, 2.24) is 20.1 Å². The van der Waals surface area contributed by atoms with Crippen molar-refractivity contribution in [3.63, 3.8) is 0 Å². The molecule has 0 aliphatic carbocycles. The number of pyridine rings is 1. The van der Waals surface area contributed by atoms with Crippen LogP contribution in [0.25, 0.3) is 11.1 Å². The number of nitrogens with zero attached hydrogens (tertiary/aromatic N) is 3. The molecule has 1 amide bonds. The number of amides is 1. The Morgan fingerprint density at radius 1 is 1.04 bits per heavy atom. The maximum absolute atomic E-state index is 12.0. The Hall–Kier alpha value is -3.28. The molecule has 0 atom stereocenters. The van der Waals surface area contributed by atoms with Gasteiger partial charge in [-0.3, -0.25) is 19.3 Å². The number of carbonyl (C=O) groups excluding carboxylic acids is 2. The number of hydrogen-bond acceptors (Lipinski definition) is 4. The normalized spacial score (nSPS) is 10.5. The van der Waals surface area contributed by atoms with E-state index in [4.69, 9.17) is 0 Å². The number of nitrogens with one attached hydrogen (secondary N) is 1. The molecule has 0 fully saturated rings. The summed E-state index contributed by atoms with van der Waals surface area (Å²) in [5, 5.41) is 6.99. The summed E-state index contributed by atoms with van der Waals surface area (Å²) in [6.07, 6.45) is 7.53. The monoisotopic (exact) mass is 348 g/mol. The third kappa shape index (κ3) is 4.63. The van der Waals surface area contributed by atoms with Gasteiger partial charge in [0.05, 0.1) is 6.20 Å². The topological polar surface area (TPSA) is 76.9 Å². The van der Waals surface area contributed by atoms with Crippen LogP contribution in [0.5, 0.6) is 0 Å². The zero-order valence-electron chi connectivity index (χ0n) is 14.6. The fourth-order valence-electron chi connectivity index (χ4n) is 2.60. The number of ketones is 1. The summed E-state index contributed by atoms with van der Waals surface area (Å²) in [5.74, 6) is -0.179. The van der Waals surface area contributed by atoms with E-state index in [2.05, 4.69) is 15.4 Å². The number of aromatic nitrogens is 3. The number of aryl methyl sites for hydroxylation is 1. The number of hydrogen-bond donors (Lipinski definition) is 1. The molecule has 2 aromatic heterocycles. The largest absolute Gasteiger partial charge is 0.352 e. The van der Waals surface area contributed by atoms with E-state index < -0.39 is 0 Å². The van der Waals surface area contributed by atoms with Gasteiger partial charge in [-0.05, 0) is 11.6 Å². The van der Waals surface area contributed by atoms with Gasteiger partial charge in [0.1, 0.15) is 0 Å². The lowest BCUT2D eigenvalue weighted by molar-refractivity contribution is -0.121. The molecule has 2 heterocycles.